The molecular weight excluding hydrogens is 316 g/mol. The van der Waals surface area contributed by atoms with Crippen molar-refractivity contribution in [2.24, 2.45) is 5.41 Å². The van der Waals surface area contributed by atoms with Crippen LogP contribution in [0.25, 0.3) is 0 Å². The Labute approximate surface area is 150 Å². The van der Waals surface area contributed by atoms with Crippen molar-refractivity contribution in [3.63, 3.8) is 0 Å². The maximum Gasteiger partial charge on any atom is 0.317 e. The van der Waals surface area contributed by atoms with Crippen molar-refractivity contribution in [1.82, 2.24) is 20.9 Å². The van der Waals surface area contributed by atoms with Gasteiger partial charge in [0.1, 0.15) is 0 Å². The van der Waals surface area contributed by atoms with E-state index in [4.69, 9.17) is 0 Å². The van der Waals surface area contributed by atoms with E-state index < -0.39 is 0 Å². The summed E-state index contributed by atoms with van der Waals surface area (Å²) < 4.78 is 0. The van der Waals surface area contributed by atoms with Gasteiger partial charge in [-0.25, -0.2) is 4.79 Å². The Morgan fingerprint density at radius 3 is 2.52 bits per heavy atom. The summed E-state index contributed by atoms with van der Waals surface area (Å²) >= 11 is 0. The maximum absolute atomic E-state index is 12.1. The molecule has 6 nitrogen and oxygen atoms in total. The standard InChI is InChI=1S/C19H30N4O2/c1-19(9-12-20-13-10-19)15-22-17(24)8-11-21-18(25)23(2)14-16-6-4-3-5-7-16/h3-7,20H,8-15H2,1-2H3,(H,21,25)(H,22,24). The fourth-order valence-corrected chi connectivity index (χ4v) is 2.95. The van der Waals surface area contributed by atoms with Crippen molar-refractivity contribution in [2.75, 3.05) is 33.2 Å². The monoisotopic (exact) mass is 346 g/mol. The third-order valence-corrected chi connectivity index (χ3v) is 4.76. The second kappa shape index (κ2) is 9.42. The van der Waals surface area contributed by atoms with Crippen LogP contribution in [0.3, 0.4) is 0 Å². The molecule has 0 radical (unpaired) electrons. The van der Waals surface area contributed by atoms with Crippen molar-refractivity contribution in [3.05, 3.63) is 35.9 Å². The molecule has 0 spiro atoms. The predicted molar refractivity (Wildman–Crippen MR) is 99.1 cm³/mol. The molecule has 0 bridgehead atoms. The first kappa shape index (κ1) is 19.2. The number of hydrogen-bond acceptors (Lipinski definition) is 3. The zero-order valence-corrected chi connectivity index (χ0v) is 15.3. The van der Waals surface area contributed by atoms with Gasteiger partial charge in [0.2, 0.25) is 5.91 Å². The number of urea groups is 1. The highest BCUT2D eigenvalue weighted by Crippen LogP contribution is 2.26. The maximum atomic E-state index is 12.1. The first-order chi connectivity index (χ1) is 12.0. The molecule has 1 aliphatic heterocycles. The molecule has 1 aliphatic rings. The van der Waals surface area contributed by atoms with E-state index in [1.54, 1.807) is 11.9 Å². The minimum Gasteiger partial charge on any atom is -0.355 e. The molecule has 0 atom stereocenters. The molecule has 25 heavy (non-hydrogen) atoms. The number of hydrogen-bond donors (Lipinski definition) is 3. The number of benzene rings is 1. The molecule has 2 rings (SSSR count). The largest absolute Gasteiger partial charge is 0.355 e. The average molecular weight is 346 g/mol. The Kier molecular flexibility index (Phi) is 7.25. The van der Waals surface area contributed by atoms with E-state index >= 15 is 0 Å². The van der Waals surface area contributed by atoms with Crippen molar-refractivity contribution >= 4 is 11.9 Å². The molecule has 0 aromatic heterocycles. The van der Waals surface area contributed by atoms with Gasteiger partial charge in [0.25, 0.3) is 0 Å². The summed E-state index contributed by atoms with van der Waals surface area (Å²) in [5.41, 5.74) is 1.26. The lowest BCUT2D eigenvalue weighted by molar-refractivity contribution is -0.121. The third kappa shape index (κ3) is 6.74. The van der Waals surface area contributed by atoms with E-state index in [1.165, 1.54) is 0 Å². The molecule has 1 aromatic carbocycles. The number of carbonyl (C=O) groups excluding carboxylic acids is 2. The summed E-state index contributed by atoms with van der Waals surface area (Å²) in [5.74, 6) is -0.00855. The fourth-order valence-electron chi connectivity index (χ4n) is 2.95. The molecule has 6 heteroatoms. The smallest absolute Gasteiger partial charge is 0.317 e. The highest BCUT2D eigenvalue weighted by molar-refractivity contribution is 5.78. The molecule has 1 saturated heterocycles. The summed E-state index contributed by atoms with van der Waals surface area (Å²) in [4.78, 5) is 25.7. The molecule has 0 aliphatic carbocycles. The molecule has 3 N–H and O–H groups in total. The Morgan fingerprint density at radius 2 is 1.84 bits per heavy atom. The van der Waals surface area contributed by atoms with Crippen molar-refractivity contribution in [2.45, 2.75) is 32.7 Å². The van der Waals surface area contributed by atoms with Gasteiger partial charge < -0.3 is 20.9 Å². The molecule has 0 unspecified atom stereocenters. The van der Waals surface area contributed by atoms with Gasteiger partial charge >= 0.3 is 6.03 Å². The lowest BCUT2D eigenvalue weighted by Gasteiger charge is -2.34. The number of piperidine rings is 1. The summed E-state index contributed by atoms with van der Waals surface area (Å²) in [5, 5.41) is 9.14. The minimum absolute atomic E-state index is 0.00855. The summed E-state index contributed by atoms with van der Waals surface area (Å²) in [7, 11) is 1.75. The van der Waals surface area contributed by atoms with Crippen LogP contribution in [-0.2, 0) is 11.3 Å². The van der Waals surface area contributed by atoms with Crippen LogP contribution in [0.5, 0.6) is 0 Å². The lowest BCUT2D eigenvalue weighted by atomic mass is 9.81. The second-order valence-corrected chi connectivity index (χ2v) is 7.16. The molecular formula is C19H30N4O2. The first-order valence-corrected chi connectivity index (χ1v) is 8.99. The lowest BCUT2D eigenvalue weighted by Crippen LogP contribution is -2.43. The number of rotatable bonds is 7. The number of nitrogens with one attached hydrogen (secondary N) is 3. The topological polar surface area (TPSA) is 73.5 Å². The molecule has 0 saturated carbocycles. The Hall–Kier alpha value is -2.08. The van der Waals surface area contributed by atoms with Crippen molar-refractivity contribution in [1.29, 1.82) is 0 Å². The molecule has 1 heterocycles. The number of nitrogens with zero attached hydrogens (tertiary/aromatic N) is 1. The van der Waals surface area contributed by atoms with Crippen LogP contribution in [0, 0.1) is 5.41 Å². The number of carbonyl (C=O) groups is 2. The summed E-state index contributed by atoms with van der Waals surface area (Å²) in [6.45, 7) is 5.84. The van der Waals surface area contributed by atoms with Gasteiger partial charge in [-0.15, -0.1) is 0 Å². The van der Waals surface area contributed by atoms with Gasteiger partial charge in [0, 0.05) is 33.1 Å². The van der Waals surface area contributed by atoms with E-state index in [0.717, 1.165) is 31.5 Å². The van der Waals surface area contributed by atoms with Gasteiger partial charge in [-0.1, -0.05) is 37.3 Å². The van der Waals surface area contributed by atoms with Crippen LogP contribution in [0.2, 0.25) is 0 Å². The third-order valence-electron chi connectivity index (χ3n) is 4.76. The Balaban J connectivity index is 1.62. The van der Waals surface area contributed by atoms with E-state index in [9.17, 15) is 9.59 Å². The summed E-state index contributed by atoms with van der Waals surface area (Å²) in [6.07, 6.45) is 2.46. The van der Waals surface area contributed by atoms with Gasteiger partial charge in [-0.2, -0.15) is 0 Å². The van der Waals surface area contributed by atoms with E-state index in [-0.39, 0.29) is 17.4 Å². The molecule has 1 aromatic rings. The fraction of sp³-hybridized carbons (Fsp3) is 0.579. The van der Waals surface area contributed by atoms with Crippen LogP contribution in [0.1, 0.15) is 31.7 Å². The van der Waals surface area contributed by atoms with E-state index in [2.05, 4.69) is 22.9 Å². The molecule has 3 amide bonds. The van der Waals surface area contributed by atoms with Crippen LogP contribution in [0.4, 0.5) is 4.79 Å². The van der Waals surface area contributed by atoms with Crippen LogP contribution < -0.4 is 16.0 Å². The van der Waals surface area contributed by atoms with Crippen LogP contribution in [-0.4, -0.2) is 50.1 Å². The zero-order chi connectivity index (χ0) is 18.1. The van der Waals surface area contributed by atoms with Crippen LogP contribution in [0.15, 0.2) is 30.3 Å². The first-order valence-electron chi connectivity index (χ1n) is 8.99. The van der Waals surface area contributed by atoms with E-state index in [0.29, 0.717) is 26.1 Å². The normalized spacial score (nSPS) is 16.1. The quantitative estimate of drug-likeness (QED) is 0.704. The number of amides is 3. The zero-order valence-electron chi connectivity index (χ0n) is 15.3. The Bertz CT molecular complexity index is 556. The second-order valence-electron chi connectivity index (χ2n) is 7.16. The average Bonchev–Trinajstić information content (AvgIpc) is 2.61. The Morgan fingerprint density at radius 1 is 1.16 bits per heavy atom. The highest BCUT2D eigenvalue weighted by Gasteiger charge is 2.26. The minimum atomic E-state index is -0.165. The van der Waals surface area contributed by atoms with Gasteiger partial charge in [-0.05, 0) is 36.9 Å². The van der Waals surface area contributed by atoms with Gasteiger partial charge in [0.15, 0.2) is 0 Å². The van der Waals surface area contributed by atoms with Crippen molar-refractivity contribution < 1.29 is 9.59 Å². The van der Waals surface area contributed by atoms with Gasteiger partial charge in [-0.3, -0.25) is 4.79 Å². The van der Waals surface area contributed by atoms with Crippen molar-refractivity contribution in [3.8, 4) is 0 Å². The molecule has 138 valence electrons. The summed E-state index contributed by atoms with van der Waals surface area (Å²) in [6, 6.07) is 9.66. The van der Waals surface area contributed by atoms with Crippen LogP contribution >= 0.6 is 0 Å². The van der Waals surface area contributed by atoms with Gasteiger partial charge in [0.05, 0.1) is 0 Å². The SMILES string of the molecule is CN(Cc1ccccc1)C(=O)NCCC(=O)NCC1(C)CCNCC1. The van der Waals surface area contributed by atoms with E-state index in [1.807, 2.05) is 30.3 Å². The predicted octanol–water partition coefficient (Wildman–Crippen LogP) is 1.72. The molecule has 1 fully saturated rings. The highest BCUT2D eigenvalue weighted by atomic mass is 16.2.